The Balaban J connectivity index is 1.62. The van der Waals surface area contributed by atoms with E-state index in [4.69, 9.17) is 16.3 Å². The van der Waals surface area contributed by atoms with Crippen molar-refractivity contribution in [1.29, 1.82) is 0 Å². The van der Waals surface area contributed by atoms with Gasteiger partial charge in [-0.2, -0.15) is 4.31 Å². The molecule has 2 aromatic rings. The molecule has 1 saturated heterocycles. The standard InChI is InChI=1S/C21H22ClN3O7S/c22-18-9-8-15(12-19(18)25(28)29)21(27)32-14-20(26)23-16-6-5-7-17(13-16)33(30,31)24-10-3-1-2-4-11-24/h5-9,12-13H,1-4,10-11,14H2,(H,23,26). The highest BCUT2D eigenvalue weighted by Crippen LogP contribution is 2.25. The van der Waals surface area contributed by atoms with Gasteiger partial charge in [-0.1, -0.05) is 30.5 Å². The van der Waals surface area contributed by atoms with E-state index in [1.807, 2.05) is 0 Å². The number of hydrogen-bond acceptors (Lipinski definition) is 7. The summed E-state index contributed by atoms with van der Waals surface area (Å²) < 4.78 is 32.2. The molecular weight excluding hydrogens is 474 g/mol. The maximum atomic E-state index is 12.9. The third kappa shape index (κ3) is 6.28. The lowest BCUT2D eigenvalue weighted by atomic mass is 10.2. The zero-order valence-electron chi connectivity index (χ0n) is 17.5. The van der Waals surface area contributed by atoms with Gasteiger partial charge in [0.25, 0.3) is 11.6 Å². The molecule has 10 nitrogen and oxygen atoms in total. The Kier molecular flexibility index (Phi) is 8.01. The lowest BCUT2D eigenvalue weighted by Gasteiger charge is -2.20. The molecule has 0 atom stereocenters. The fourth-order valence-electron chi connectivity index (χ4n) is 3.36. The summed E-state index contributed by atoms with van der Waals surface area (Å²) >= 11 is 5.71. The average Bonchev–Trinajstić information content (AvgIpc) is 3.08. The summed E-state index contributed by atoms with van der Waals surface area (Å²) in [5.74, 6) is -1.64. The van der Waals surface area contributed by atoms with E-state index in [1.54, 1.807) is 0 Å². The van der Waals surface area contributed by atoms with Crippen molar-refractivity contribution in [1.82, 2.24) is 4.31 Å². The molecule has 0 radical (unpaired) electrons. The SMILES string of the molecule is O=C(COC(=O)c1ccc(Cl)c([N+](=O)[O-])c1)Nc1cccc(S(=O)(=O)N2CCCCCC2)c1. The first-order valence-corrected chi connectivity index (χ1v) is 12.0. The molecule has 1 heterocycles. The second-order valence-corrected chi connectivity index (χ2v) is 9.74. The van der Waals surface area contributed by atoms with Gasteiger partial charge in [-0.15, -0.1) is 0 Å². The van der Waals surface area contributed by atoms with E-state index in [-0.39, 0.29) is 21.2 Å². The van der Waals surface area contributed by atoms with Gasteiger partial charge >= 0.3 is 5.97 Å². The van der Waals surface area contributed by atoms with Gasteiger partial charge in [-0.3, -0.25) is 14.9 Å². The van der Waals surface area contributed by atoms with E-state index in [9.17, 15) is 28.1 Å². The van der Waals surface area contributed by atoms with E-state index in [2.05, 4.69) is 5.32 Å². The number of nitro benzene ring substituents is 1. The molecule has 0 spiro atoms. The minimum absolute atomic E-state index is 0.0627. The van der Waals surface area contributed by atoms with Crippen LogP contribution in [0.15, 0.2) is 47.4 Å². The first-order chi connectivity index (χ1) is 15.7. The molecule has 0 aromatic heterocycles. The van der Waals surface area contributed by atoms with Crippen LogP contribution in [0, 0.1) is 10.1 Å². The second kappa shape index (κ2) is 10.7. The quantitative estimate of drug-likeness (QED) is 0.352. The van der Waals surface area contributed by atoms with Crippen LogP contribution in [0.2, 0.25) is 5.02 Å². The van der Waals surface area contributed by atoms with Crippen molar-refractivity contribution in [3.63, 3.8) is 0 Å². The van der Waals surface area contributed by atoms with Crippen LogP contribution in [0.3, 0.4) is 0 Å². The number of carbonyl (C=O) groups is 2. The van der Waals surface area contributed by atoms with Crippen molar-refractivity contribution in [2.75, 3.05) is 25.0 Å². The predicted octanol–water partition coefficient (Wildman–Crippen LogP) is 3.61. The zero-order chi connectivity index (χ0) is 24.0. The molecule has 12 heteroatoms. The van der Waals surface area contributed by atoms with E-state index >= 15 is 0 Å². The number of anilines is 1. The first-order valence-electron chi connectivity index (χ1n) is 10.2. The van der Waals surface area contributed by atoms with Gasteiger partial charge in [-0.05, 0) is 43.2 Å². The molecule has 1 N–H and O–H groups in total. The number of esters is 1. The Morgan fingerprint density at radius 3 is 2.45 bits per heavy atom. The highest BCUT2D eigenvalue weighted by atomic mass is 35.5. The van der Waals surface area contributed by atoms with Crippen molar-refractivity contribution in [2.24, 2.45) is 0 Å². The highest BCUT2D eigenvalue weighted by Gasteiger charge is 2.25. The number of carbonyl (C=O) groups excluding carboxylic acids is 2. The molecule has 1 aliphatic heterocycles. The maximum absolute atomic E-state index is 12.9. The molecule has 2 aromatic carbocycles. The summed E-state index contributed by atoms with van der Waals surface area (Å²) in [4.78, 5) is 34.6. The topological polar surface area (TPSA) is 136 Å². The Morgan fingerprint density at radius 2 is 1.79 bits per heavy atom. The largest absolute Gasteiger partial charge is 0.452 e. The molecule has 176 valence electrons. The first kappa shape index (κ1) is 24.6. The average molecular weight is 496 g/mol. The fraction of sp³-hybridized carbons (Fsp3) is 0.333. The molecule has 1 fully saturated rings. The van der Waals surface area contributed by atoms with Gasteiger partial charge in [0.2, 0.25) is 10.0 Å². The molecule has 1 aliphatic rings. The summed E-state index contributed by atoms with van der Waals surface area (Å²) in [6, 6.07) is 9.23. The fourth-order valence-corrected chi connectivity index (χ4v) is 5.11. The lowest BCUT2D eigenvalue weighted by molar-refractivity contribution is -0.384. The third-order valence-electron chi connectivity index (χ3n) is 5.03. The van der Waals surface area contributed by atoms with Crippen LogP contribution < -0.4 is 5.32 Å². The normalized spacial score (nSPS) is 14.8. The summed E-state index contributed by atoms with van der Waals surface area (Å²) in [5.41, 5.74) is -0.364. The van der Waals surface area contributed by atoms with Crippen LogP contribution in [0.4, 0.5) is 11.4 Å². The summed E-state index contributed by atoms with van der Waals surface area (Å²) in [5, 5.41) is 13.3. The Morgan fingerprint density at radius 1 is 1.09 bits per heavy atom. The maximum Gasteiger partial charge on any atom is 0.338 e. The van der Waals surface area contributed by atoms with Gasteiger partial charge < -0.3 is 10.1 Å². The van der Waals surface area contributed by atoms with E-state index in [1.165, 1.54) is 40.7 Å². The number of amides is 1. The van der Waals surface area contributed by atoms with Crippen LogP contribution in [-0.2, 0) is 19.6 Å². The number of nitro groups is 1. The summed E-state index contributed by atoms with van der Waals surface area (Å²) in [6.07, 6.45) is 3.59. The minimum atomic E-state index is -3.69. The summed E-state index contributed by atoms with van der Waals surface area (Å²) in [7, 11) is -3.69. The molecule has 0 saturated carbocycles. The molecule has 3 rings (SSSR count). The molecular formula is C21H22ClN3O7S. The number of nitrogens with one attached hydrogen (secondary N) is 1. The van der Waals surface area contributed by atoms with E-state index < -0.39 is 39.1 Å². The molecule has 0 bridgehead atoms. The number of halogens is 1. The predicted molar refractivity (Wildman–Crippen MR) is 121 cm³/mol. The number of benzene rings is 2. The van der Waals surface area contributed by atoms with Gasteiger partial charge in [0.15, 0.2) is 6.61 Å². The number of ether oxygens (including phenoxy) is 1. The lowest BCUT2D eigenvalue weighted by Crippen LogP contribution is -2.32. The number of rotatable bonds is 7. The molecule has 33 heavy (non-hydrogen) atoms. The van der Waals surface area contributed by atoms with Gasteiger partial charge in [0.05, 0.1) is 15.4 Å². The highest BCUT2D eigenvalue weighted by molar-refractivity contribution is 7.89. The Bertz CT molecular complexity index is 1160. The summed E-state index contributed by atoms with van der Waals surface area (Å²) in [6.45, 7) is 0.244. The van der Waals surface area contributed by atoms with Crippen LogP contribution in [0.1, 0.15) is 36.0 Å². The van der Waals surface area contributed by atoms with Crippen LogP contribution >= 0.6 is 11.6 Å². The number of sulfonamides is 1. The Labute approximate surface area is 195 Å². The smallest absolute Gasteiger partial charge is 0.338 e. The third-order valence-corrected chi connectivity index (χ3v) is 7.25. The number of hydrogen-bond donors (Lipinski definition) is 1. The van der Waals surface area contributed by atoms with Crippen LogP contribution in [0.5, 0.6) is 0 Å². The van der Waals surface area contributed by atoms with Gasteiger partial charge in [0.1, 0.15) is 5.02 Å². The monoisotopic (exact) mass is 495 g/mol. The van der Waals surface area contributed by atoms with Crippen molar-refractivity contribution in [2.45, 2.75) is 30.6 Å². The number of nitrogens with zero attached hydrogens (tertiary/aromatic N) is 2. The van der Waals surface area contributed by atoms with Crippen molar-refractivity contribution < 1.29 is 27.7 Å². The molecule has 1 amide bonds. The van der Waals surface area contributed by atoms with Crippen LogP contribution in [0.25, 0.3) is 0 Å². The van der Waals surface area contributed by atoms with E-state index in [0.29, 0.717) is 13.1 Å². The minimum Gasteiger partial charge on any atom is -0.452 e. The molecule has 0 unspecified atom stereocenters. The van der Waals surface area contributed by atoms with E-state index in [0.717, 1.165) is 31.7 Å². The van der Waals surface area contributed by atoms with Gasteiger partial charge in [-0.25, -0.2) is 13.2 Å². The second-order valence-electron chi connectivity index (χ2n) is 7.39. The van der Waals surface area contributed by atoms with Gasteiger partial charge in [0, 0.05) is 24.8 Å². The Hall–Kier alpha value is -3.02. The van der Waals surface area contributed by atoms with Crippen molar-refractivity contribution >= 4 is 44.9 Å². The molecule has 0 aliphatic carbocycles. The van der Waals surface area contributed by atoms with Crippen molar-refractivity contribution in [3.8, 4) is 0 Å². The zero-order valence-corrected chi connectivity index (χ0v) is 19.1. The van der Waals surface area contributed by atoms with Crippen molar-refractivity contribution in [3.05, 3.63) is 63.2 Å². The van der Waals surface area contributed by atoms with Crippen LogP contribution in [-0.4, -0.2) is 49.2 Å².